The van der Waals surface area contributed by atoms with E-state index in [4.69, 9.17) is 25.8 Å². The van der Waals surface area contributed by atoms with Crippen LogP contribution in [0.4, 0.5) is 8.78 Å². The number of aliphatic imine (C=N–C) groups is 1. The van der Waals surface area contributed by atoms with E-state index >= 15 is 0 Å². The second kappa shape index (κ2) is 15.7. The second-order valence-corrected chi connectivity index (χ2v) is 19.7. The first kappa shape index (κ1) is 36.9. The van der Waals surface area contributed by atoms with Gasteiger partial charge in [0.2, 0.25) is 0 Å². The number of aryl methyl sites for hydroxylation is 1. The van der Waals surface area contributed by atoms with Gasteiger partial charge in [-0.2, -0.15) is 5.10 Å². The second-order valence-electron chi connectivity index (χ2n) is 13.7. The molecule has 3 aromatic heterocycles. The van der Waals surface area contributed by atoms with E-state index in [0.29, 0.717) is 40.6 Å². The topological polar surface area (TPSA) is 109 Å². The lowest BCUT2D eigenvalue weighted by Crippen LogP contribution is -2.22. The van der Waals surface area contributed by atoms with E-state index in [2.05, 4.69) is 49.7 Å². The van der Waals surface area contributed by atoms with Crippen molar-refractivity contribution in [2.45, 2.75) is 85.8 Å². The minimum Gasteiger partial charge on any atom is -0.488 e. The van der Waals surface area contributed by atoms with Gasteiger partial charge in [0.25, 0.3) is 0 Å². The van der Waals surface area contributed by atoms with Crippen LogP contribution in [-0.2, 0) is 18.0 Å². The van der Waals surface area contributed by atoms with E-state index in [9.17, 15) is 8.78 Å². The quantitative estimate of drug-likeness (QED) is 0.0760. The van der Waals surface area contributed by atoms with E-state index in [1.54, 1.807) is 22.9 Å². The summed E-state index contributed by atoms with van der Waals surface area (Å²) in [5, 5.41) is 5.57. The molecule has 5 aromatic rings. The van der Waals surface area contributed by atoms with Crippen LogP contribution < -0.4 is 9.47 Å². The van der Waals surface area contributed by atoms with Crippen molar-refractivity contribution in [2.24, 2.45) is 4.99 Å². The summed E-state index contributed by atoms with van der Waals surface area (Å²) >= 11 is 6.08. The molecule has 0 N–H and O–H groups in total. The van der Waals surface area contributed by atoms with Crippen LogP contribution in [0.5, 0.6) is 11.5 Å². The van der Waals surface area contributed by atoms with E-state index in [1.807, 2.05) is 40.7 Å². The predicted molar refractivity (Wildman–Crippen MR) is 194 cm³/mol. The molecule has 14 heteroatoms. The van der Waals surface area contributed by atoms with E-state index in [-0.39, 0.29) is 36.3 Å². The lowest BCUT2D eigenvalue weighted by atomic mass is 10.0. The molecule has 0 saturated heterocycles. The fraction of sp³-hybridized carbons (Fsp3) is 0.389. The Morgan fingerprint density at radius 1 is 0.840 bits per heavy atom. The molecule has 0 aliphatic carbocycles. The molecule has 0 atom stereocenters. The van der Waals surface area contributed by atoms with Gasteiger partial charge in [0.15, 0.2) is 23.1 Å². The monoisotopic (exact) mass is 721 g/mol. The summed E-state index contributed by atoms with van der Waals surface area (Å²) in [5.41, 5.74) is 5.90. The summed E-state index contributed by atoms with van der Waals surface area (Å²) < 4.78 is 47.2. The van der Waals surface area contributed by atoms with E-state index in [1.165, 1.54) is 24.8 Å². The lowest BCUT2D eigenvalue weighted by molar-refractivity contribution is 0.0802. The molecule has 50 heavy (non-hydrogen) atoms. The highest BCUT2D eigenvalue weighted by Crippen LogP contribution is 2.34. The Morgan fingerprint density at radius 3 is 2.16 bits per heavy atom. The third-order valence-corrected chi connectivity index (χ3v) is 9.38. The van der Waals surface area contributed by atoms with Gasteiger partial charge in [-0.3, -0.25) is 4.99 Å². The fourth-order valence-electron chi connectivity index (χ4n) is 5.18. The number of hydrogen-bond donors (Lipinski definition) is 0. The van der Waals surface area contributed by atoms with Gasteiger partial charge in [-0.25, -0.2) is 33.4 Å². The lowest BCUT2D eigenvalue weighted by Gasteiger charge is -2.16. The molecule has 264 valence electrons. The summed E-state index contributed by atoms with van der Waals surface area (Å²) in [6.07, 6.45) is 2.67. The molecular formula is C36H42ClF2N7O3Si. The molecule has 4 heterocycles. The molecule has 1 aliphatic rings. The minimum atomic E-state index is -1.20. The Balaban J connectivity index is 0.000000204. The van der Waals surface area contributed by atoms with Gasteiger partial charge in [-0.05, 0) is 70.5 Å². The maximum Gasteiger partial charge on any atom is 0.167 e. The third-order valence-electron chi connectivity index (χ3n) is 7.47. The third kappa shape index (κ3) is 9.26. The summed E-state index contributed by atoms with van der Waals surface area (Å²) in [6, 6.07) is 10.8. The number of fused-ring (bicyclic) bond motifs is 2. The molecule has 0 unspecified atom stereocenters. The maximum atomic E-state index is 14.5. The average Bonchev–Trinajstić information content (AvgIpc) is 3.59. The van der Waals surface area contributed by atoms with Gasteiger partial charge in [-0.1, -0.05) is 31.2 Å². The molecule has 10 nitrogen and oxygen atoms in total. The Kier molecular flexibility index (Phi) is 11.6. The fourth-order valence-corrected chi connectivity index (χ4v) is 6.08. The maximum absolute atomic E-state index is 14.5. The van der Waals surface area contributed by atoms with Crippen molar-refractivity contribution in [3.8, 4) is 22.9 Å². The number of nitrogens with zero attached hydrogens (tertiary/aromatic N) is 7. The molecule has 0 saturated carbocycles. The number of hydrogen-bond acceptors (Lipinski definition) is 9. The van der Waals surface area contributed by atoms with Gasteiger partial charge in [-0.15, -0.1) is 0 Å². The highest BCUT2D eigenvalue weighted by molar-refractivity contribution is 6.76. The summed E-state index contributed by atoms with van der Waals surface area (Å²) in [6.45, 7) is 17.6. The molecule has 6 rings (SSSR count). The Morgan fingerprint density at radius 2 is 1.50 bits per heavy atom. The molecular weight excluding hydrogens is 680 g/mol. The molecule has 1 aliphatic heterocycles. The van der Waals surface area contributed by atoms with Crippen molar-refractivity contribution in [3.63, 3.8) is 0 Å². The normalized spacial score (nSPS) is 12.6. The number of ether oxygens (including phenoxy) is 3. The SMILES string of the molecule is CC(C)Oc1cc2c(-c3cc(Cl)ncn3)n(COCC[Si](C)(C)C)nc2cc1F.Cc1cc(C2=NCc3cc(F)c(OC(C)C)cc32)ncn1. The van der Waals surface area contributed by atoms with Crippen molar-refractivity contribution in [2.75, 3.05) is 6.61 Å². The van der Waals surface area contributed by atoms with Crippen LogP contribution in [0.3, 0.4) is 0 Å². The van der Waals surface area contributed by atoms with Crippen molar-refractivity contribution in [1.29, 1.82) is 0 Å². The van der Waals surface area contributed by atoms with Gasteiger partial charge >= 0.3 is 0 Å². The molecule has 0 amide bonds. The molecule has 0 fully saturated rings. The summed E-state index contributed by atoms with van der Waals surface area (Å²) in [5.74, 6) is -0.377. The highest BCUT2D eigenvalue weighted by atomic mass is 35.5. The van der Waals surface area contributed by atoms with Crippen molar-refractivity contribution in [1.82, 2.24) is 29.7 Å². The average molecular weight is 722 g/mol. The smallest absolute Gasteiger partial charge is 0.167 e. The highest BCUT2D eigenvalue weighted by Gasteiger charge is 2.23. The van der Waals surface area contributed by atoms with Crippen LogP contribution in [0.1, 0.15) is 50.2 Å². The van der Waals surface area contributed by atoms with Crippen molar-refractivity contribution < 1.29 is 23.0 Å². The number of halogens is 3. The molecule has 0 radical (unpaired) electrons. The first-order chi connectivity index (χ1) is 23.7. The largest absolute Gasteiger partial charge is 0.488 e. The minimum absolute atomic E-state index is 0.0827. The Bertz CT molecular complexity index is 2010. The van der Waals surface area contributed by atoms with Gasteiger partial charge in [0.05, 0.1) is 47.1 Å². The number of rotatable bonds is 11. The van der Waals surface area contributed by atoms with Crippen LogP contribution >= 0.6 is 11.6 Å². The standard InChI is InChI=1S/C20H26ClFN4O2Si.C16H16FN3O/c1-13(2)28-18-8-14-16(9-15(18)22)25-26(12-27-6-7-29(3,4)5)20(14)17-10-19(21)24-11-23-17;1-9(2)21-15-6-12-11(5-13(15)17)7-18-16(12)14-4-10(3)19-8-20-14/h8-11,13H,6-7,12H2,1-5H3;4-6,8-9H,7H2,1-3H3. The van der Waals surface area contributed by atoms with Crippen LogP contribution in [0.25, 0.3) is 22.3 Å². The van der Waals surface area contributed by atoms with Crippen LogP contribution in [0, 0.1) is 18.6 Å². The number of benzene rings is 2. The predicted octanol–water partition coefficient (Wildman–Crippen LogP) is 8.45. The van der Waals surface area contributed by atoms with Crippen molar-refractivity contribution in [3.05, 3.63) is 88.4 Å². The van der Waals surface area contributed by atoms with Crippen molar-refractivity contribution >= 4 is 36.3 Å². The first-order valence-electron chi connectivity index (χ1n) is 16.4. The zero-order valence-electron chi connectivity index (χ0n) is 29.6. The molecule has 0 bridgehead atoms. The van der Waals surface area contributed by atoms with Gasteiger partial charge in [0, 0.05) is 43.5 Å². The van der Waals surface area contributed by atoms with Crippen LogP contribution in [0.15, 0.2) is 54.0 Å². The first-order valence-corrected chi connectivity index (χ1v) is 20.5. The zero-order chi connectivity index (χ0) is 36.2. The number of aromatic nitrogens is 6. The van der Waals surface area contributed by atoms with Gasteiger partial charge in [0.1, 0.15) is 24.5 Å². The van der Waals surface area contributed by atoms with E-state index < -0.39 is 13.9 Å². The van der Waals surface area contributed by atoms with E-state index in [0.717, 1.165) is 34.3 Å². The Labute approximate surface area is 296 Å². The van der Waals surface area contributed by atoms with Crippen LogP contribution in [0.2, 0.25) is 30.8 Å². The molecule has 0 spiro atoms. The zero-order valence-corrected chi connectivity index (χ0v) is 31.3. The summed E-state index contributed by atoms with van der Waals surface area (Å²) in [7, 11) is -1.20. The molecule has 2 aromatic carbocycles. The Hall–Kier alpha value is -4.33. The summed E-state index contributed by atoms with van der Waals surface area (Å²) in [4.78, 5) is 21.1. The van der Waals surface area contributed by atoms with Crippen LogP contribution in [-0.4, -0.2) is 62.3 Å². The van der Waals surface area contributed by atoms with Gasteiger partial charge < -0.3 is 14.2 Å².